The van der Waals surface area contributed by atoms with Gasteiger partial charge in [-0.15, -0.1) is 11.8 Å². The van der Waals surface area contributed by atoms with Crippen LogP contribution in [0.3, 0.4) is 0 Å². The summed E-state index contributed by atoms with van der Waals surface area (Å²) in [5.41, 5.74) is 2.60. The van der Waals surface area contributed by atoms with Crippen molar-refractivity contribution in [2.24, 2.45) is 0 Å². The van der Waals surface area contributed by atoms with Crippen LogP contribution in [0.1, 0.15) is 12.1 Å². The first-order chi connectivity index (χ1) is 9.03. The zero-order chi connectivity index (χ0) is 13.5. The Labute approximate surface area is 116 Å². The molecule has 1 aliphatic rings. The highest BCUT2D eigenvalue weighted by Gasteiger charge is 2.29. The fourth-order valence-electron chi connectivity index (χ4n) is 2.20. The minimum Gasteiger partial charge on any atom is -0.249 e. The van der Waals surface area contributed by atoms with E-state index in [1.807, 2.05) is 31.2 Å². The summed E-state index contributed by atoms with van der Waals surface area (Å²) in [7, 11) is -2.84. The second-order valence-electron chi connectivity index (χ2n) is 4.75. The maximum absolute atomic E-state index is 11.5. The maximum atomic E-state index is 11.5. The summed E-state index contributed by atoms with van der Waals surface area (Å²) in [5, 5.41) is 0.958. The van der Waals surface area contributed by atoms with Crippen LogP contribution in [0.15, 0.2) is 29.3 Å². The predicted octanol–water partition coefficient (Wildman–Crippen LogP) is 2.22. The number of hydrogen-bond acceptors (Lipinski definition) is 5. The van der Waals surface area contributed by atoms with Crippen LogP contribution in [0.4, 0.5) is 0 Å². The van der Waals surface area contributed by atoms with Crippen LogP contribution in [0.25, 0.3) is 11.0 Å². The number of benzene rings is 1. The molecule has 100 valence electrons. The van der Waals surface area contributed by atoms with Gasteiger partial charge in [-0.25, -0.2) is 18.4 Å². The van der Waals surface area contributed by atoms with Crippen molar-refractivity contribution in [2.75, 3.05) is 11.5 Å². The van der Waals surface area contributed by atoms with Gasteiger partial charge >= 0.3 is 0 Å². The first-order valence-electron chi connectivity index (χ1n) is 6.14. The quantitative estimate of drug-likeness (QED) is 0.850. The molecule has 0 unspecified atom stereocenters. The highest BCUT2D eigenvalue weighted by molar-refractivity contribution is 8.01. The van der Waals surface area contributed by atoms with Crippen LogP contribution in [-0.4, -0.2) is 35.1 Å². The Hall–Kier alpha value is -1.14. The summed E-state index contributed by atoms with van der Waals surface area (Å²) in [4.78, 5) is 9.11. The Morgan fingerprint density at radius 3 is 2.53 bits per heavy atom. The summed E-state index contributed by atoms with van der Waals surface area (Å²) in [6.07, 6.45) is 0.709. The Bertz CT molecular complexity index is 729. The molecular formula is C13H14N2O2S2. The van der Waals surface area contributed by atoms with E-state index in [1.165, 1.54) is 0 Å². The third kappa shape index (κ3) is 2.74. The third-order valence-corrected chi connectivity index (χ3v) is 6.49. The molecule has 2 aromatic rings. The number of nitrogens with zero attached hydrogens (tertiary/aromatic N) is 2. The molecule has 0 radical (unpaired) electrons. The molecule has 1 aliphatic heterocycles. The summed E-state index contributed by atoms with van der Waals surface area (Å²) >= 11 is 1.54. The molecule has 19 heavy (non-hydrogen) atoms. The Balaban J connectivity index is 1.91. The van der Waals surface area contributed by atoms with Crippen LogP contribution in [-0.2, 0) is 9.84 Å². The van der Waals surface area contributed by atoms with E-state index in [2.05, 4.69) is 9.97 Å². The highest BCUT2D eigenvalue weighted by atomic mass is 32.2. The van der Waals surface area contributed by atoms with Crippen LogP contribution < -0.4 is 0 Å². The number of para-hydroxylation sites is 2. The van der Waals surface area contributed by atoms with Gasteiger partial charge in [0.2, 0.25) is 0 Å². The topological polar surface area (TPSA) is 59.9 Å². The van der Waals surface area contributed by atoms with E-state index >= 15 is 0 Å². The van der Waals surface area contributed by atoms with Gasteiger partial charge < -0.3 is 0 Å². The summed E-state index contributed by atoms with van der Waals surface area (Å²) < 4.78 is 23.0. The lowest BCUT2D eigenvalue weighted by Gasteiger charge is -2.09. The molecule has 0 spiro atoms. The zero-order valence-corrected chi connectivity index (χ0v) is 12.2. The van der Waals surface area contributed by atoms with E-state index in [4.69, 9.17) is 0 Å². The van der Waals surface area contributed by atoms with Gasteiger partial charge in [0, 0.05) is 5.25 Å². The summed E-state index contributed by atoms with van der Waals surface area (Å²) in [5.74, 6) is 0.552. The van der Waals surface area contributed by atoms with Crippen LogP contribution in [0, 0.1) is 6.92 Å². The van der Waals surface area contributed by atoms with Gasteiger partial charge in [-0.1, -0.05) is 12.1 Å². The van der Waals surface area contributed by atoms with Crippen molar-refractivity contribution in [1.29, 1.82) is 0 Å². The van der Waals surface area contributed by atoms with Crippen molar-refractivity contribution in [1.82, 2.24) is 9.97 Å². The molecular weight excluding hydrogens is 280 g/mol. The van der Waals surface area contributed by atoms with E-state index < -0.39 is 9.84 Å². The highest BCUT2D eigenvalue weighted by Crippen LogP contribution is 2.31. The van der Waals surface area contributed by atoms with Crippen molar-refractivity contribution in [3.63, 3.8) is 0 Å². The molecule has 0 N–H and O–H groups in total. The fraction of sp³-hybridized carbons (Fsp3) is 0.385. The van der Waals surface area contributed by atoms with Crippen LogP contribution >= 0.6 is 11.8 Å². The van der Waals surface area contributed by atoms with Gasteiger partial charge in [0.1, 0.15) is 5.03 Å². The molecule has 0 saturated carbocycles. The minimum atomic E-state index is -2.84. The van der Waals surface area contributed by atoms with E-state index in [0.29, 0.717) is 12.2 Å². The molecule has 0 bridgehead atoms. The molecule has 1 fully saturated rings. The fourth-order valence-corrected chi connectivity index (χ4v) is 5.70. The van der Waals surface area contributed by atoms with Crippen LogP contribution in [0.5, 0.6) is 0 Å². The van der Waals surface area contributed by atoms with Crippen molar-refractivity contribution < 1.29 is 8.42 Å². The molecule has 0 amide bonds. The molecule has 1 atom stereocenters. The molecule has 0 aliphatic carbocycles. The van der Waals surface area contributed by atoms with E-state index in [9.17, 15) is 8.42 Å². The van der Waals surface area contributed by atoms with E-state index in [1.54, 1.807) is 11.8 Å². The van der Waals surface area contributed by atoms with Gasteiger partial charge in [-0.3, -0.25) is 0 Å². The molecule has 1 aromatic heterocycles. The van der Waals surface area contributed by atoms with E-state index in [0.717, 1.165) is 21.8 Å². The summed E-state index contributed by atoms with van der Waals surface area (Å²) in [6.45, 7) is 1.92. The smallest absolute Gasteiger partial charge is 0.151 e. The van der Waals surface area contributed by atoms with Crippen molar-refractivity contribution in [3.05, 3.63) is 30.0 Å². The normalized spacial score (nSPS) is 21.8. The van der Waals surface area contributed by atoms with Crippen molar-refractivity contribution >= 4 is 32.6 Å². The van der Waals surface area contributed by atoms with Crippen molar-refractivity contribution in [3.8, 4) is 0 Å². The van der Waals surface area contributed by atoms with Crippen molar-refractivity contribution in [2.45, 2.75) is 23.6 Å². The molecule has 3 rings (SSSR count). The number of rotatable bonds is 2. The second-order valence-corrected chi connectivity index (χ2v) is 8.26. The van der Waals surface area contributed by atoms with Gasteiger partial charge in [0.25, 0.3) is 0 Å². The van der Waals surface area contributed by atoms with E-state index in [-0.39, 0.29) is 11.0 Å². The maximum Gasteiger partial charge on any atom is 0.151 e. The Morgan fingerprint density at radius 2 is 1.89 bits per heavy atom. The van der Waals surface area contributed by atoms with Crippen LogP contribution in [0.2, 0.25) is 0 Å². The molecule has 2 heterocycles. The van der Waals surface area contributed by atoms with Gasteiger partial charge in [0.05, 0.1) is 28.2 Å². The van der Waals surface area contributed by atoms with Gasteiger partial charge in [-0.05, 0) is 25.5 Å². The third-order valence-electron chi connectivity index (χ3n) is 3.17. The number of hydrogen-bond donors (Lipinski definition) is 0. The average molecular weight is 294 g/mol. The average Bonchev–Trinajstić information content (AvgIpc) is 2.70. The largest absolute Gasteiger partial charge is 0.249 e. The number of fused-ring (bicyclic) bond motifs is 1. The number of thioether (sulfide) groups is 1. The second kappa shape index (κ2) is 4.76. The lowest BCUT2D eigenvalue weighted by atomic mass is 10.3. The molecule has 1 saturated heterocycles. The zero-order valence-electron chi connectivity index (χ0n) is 10.5. The number of sulfone groups is 1. The minimum absolute atomic E-state index is 0.110. The Kier molecular flexibility index (Phi) is 3.22. The predicted molar refractivity (Wildman–Crippen MR) is 77.2 cm³/mol. The standard InChI is InChI=1S/C13H14N2O2S2/c1-9-13(18-10-6-7-19(16,17)8-10)15-12-5-3-2-4-11(12)14-9/h2-5,10H,6-8H2,1H3/t10-/m1/s1. The number of aryl methyl sites for hydroxylation is 1. The SMILES string of the molecule is Cc1nc2ccccc2nc1S[C@@H]1CCS(=O)(=O)C1. The first-order valence-corrected chi connectivity index (χ1v) is 8.84. The van der Waals surface area contributed by atoms with Gasteiger partial charge in [0.15, 0.2) is 9.84 Å². The monoisotopic (exact) mass is 294 g/mol. The summed E-state index contributed by atoms with van der Waals surface area (Å²) in [6, 6.07) is 7.73. The van der Waals surface area contributed by atoms with Gasteiger partial charge in [-0.2, -0.15) is 0 Å². The lowest BCUT2D eigenvalue weighted by molar-refractivity contribution is 0.602. The molecule has 4 nitrogen and oxygen atoms in total. The molecule has 1 aromatic carbocycles. The first kappa shape index (κ1) is 12.9. The Morgan fingerprint density at radius 1 is 1.21 bits per heavy atom. The molecule has 6 heteroatoms. The lowest BCUT2D eigenvalue weighted by Crippen LogP contribution is -2.07. The number of aromatic nitrogens is 2.